The van der Waals surface area contributed by atoms with Crippen molar-refractivity contribution in [2.75, 3.05) is 0 Å². The second kappa shape index (κ2) is 6.93. The number of aryl methyl sites for hydroxylation is 2. The van der Waals surface area contributed by atoms with Gasteiger partial charge in [0.25, 0.3) is 5.56 Å². The zero-order valence-electron chi connectivity index (χ0n) is 15.7. The monoisotopic (exact) mass is 472 g/mol. The van der Waals surface area contributed by atoms with Crippen LogP contribution in [-0.2, 0) is 16.4 Å². The maximum Gasteiger partial charge on any atom is 0.267 e. The molecule has 4 rings (SSSR count). The van der Waals surface area contributed by atoms with Crippen molar-refractivity contribution in [1.82, 2.24) is 14.0 Å². The van der Waals surface area contributed by atoms with Crippen LogP contribution in [0, 0.1) is 12.3 Å². The lowest BCUT2D eigenvalue weighted by atomic mass is 10.2. The van der Waals surface area contributed by atoms with Crippen LogP contribution in [0.25, 0.3) is 16.7 Å². The zero-order chi connectivity index (χ0) is 20.9. The summed E-state index contributed by atoms with van der Waals surface area (Å²) >= 11 is 3.29. The van der Waals surface area contributed by atoms with Crippen LogP contribution in [0.5, 0.6) is 0 Å². The molecular formula is C20H17BrN4O3S. The van der Waals surface area contributed by atoms with Crippen molar-refractivity contribution < 1.29 is 8.42 Å². The van der Waals surface area contributed by atoms with Crippen LogP contribution < -0.4 is 11.0 Å². The highest BCUT2D eigenvalue weighted by Crippen LogP contribution is 2.22. The quantitative estimate of drug-likeness (QED) is 0.463. The van der Waals surface area contributed by atoms with Crippen LogP contribution >= 0.6 is 15.9 Å². The molecule has 7 nitrogen and oxygen atoms in total. The molecule has 3 aromatic heterocycles. The molecule has 0 atom stereocenters. The number of hydrogen-bond donors (Lipinski definition) is 1. The summed E-state index contributed by atoms with van der Waals surface area (Å²) in [5, 5.41) is 8.69. The molecule has 0 bridgehead atoms. The smallest absolute Gasteiger partial charge is 0.267 e. The maximum atomic E-state index is 13.2. The molecule has 0 fully saturated rings. The summed E-state index contributed by atoms with van der Waals surface area (Å²) in [5.74, 6) is 0. The van der Waals surface area contributed by atoms with E-state index in [2.05, 4.69) is 20.9 Å². The van der Waals surface area contributed by atoms with E-state index in [1.165, 1.54) is 27.2 Å². The van der Waals surface area contributed by atoms with Gasteiger partial charge in [-0.2, -0.15) is 0 Å². The molecule has 1 N–H and O–H groups in total. The third-order valence-corrected chi connectivity index (χ3v) is 7.14. The van der Waals surface area contributed by atoms with Gasteiger partial charge in [0, 0.05) is 17.2 Å². The Morgan fingerprint density at radius 2 is 1.83 bits per heavy atom. The lowest BCUT2D eigenvalue weighted by molar-refractivity contribution is 0.590. The predicted octanol–water partition coefficient (Wildman–Crippen LogP) is 3.05. The molecule has 29 heavy (non-hydrogen) atoms. The normalized spacial score (nSPS) is 12.0. The Morgan fingerprint density at radius 3 is 2.48 bits per heavy atom. The molecule has 0 saturated carbocycles. The van der Waals surface area contributed by atoms with Gasteiger partial charge < -0.3 is 4.57 Å². The molecule has 0 radical (unpaired) electrons. The van der Waals surface area contributed by atoms with Crippen LogP contribution in [-0.4, -0.2) is 22.4 Å². The van der Waals surface area contributed by atoms with Gasteiger partial charge in [-0.1, -0.05) is 22.0 Å². The molecule has 4 aromatic rings. The van der Waals surface area contributed by atoms with E-state index in [9.17, 15) is 13.2 Å². The van der Waals surface area contributed by atoms with E-state index in [-0.39, 0.29) is 26.2 Å². The highest BCUT2D eigenvalue weighted by Gasteiger charge is 2.24. The first-order chi connectivity index (χ1) is 13.8. The van der Waals surface area contributed by atoms with Crippen LogP contribution in [0.4, 0.5) is 0 Å². The van der Waals surface area contributed by atoms with Crippen molar-refractivity contribution in [3.63, 3.8) is 0 Å². The summed E-state index contributed by atoms with van der Waals surface area (Å²) in [6, 6.07) is 11.0. The van der Waals surface area contributed by atoms with Crippen LogP contribution in [0.2, 0.25) is 0 Å². The van der Waals surface area contributed by atoms with E-state index in [1.54, 1.807) is 31.3 Å². The van der Waals surface area contributed by atoms with Crippen LogP contribution in [0.3, 0.4) is 0 Å². The molecular weight excluding hydrogens is 456 g/mol. The summed E-state index contributed by atoms with van der Waals surface area (Å²) in [7, 11) is -3.99. The van der Waals surface area contributed by atoms with Gasteiger partial charge in [0.15, 0.2) is 0 Å². The second-order valence-electron chi connectivity index (χ2n) is 6.60. The lowest BCUT2D eigenvalue weighted by Gasteiger charge is -2.14. The van der Waals surface area contributed by atoms with E-state index >= 15 is 0 Å². The Kier molecular flexibility index (Phi) is 4.66. The number of nitrogens with one attached hydrogen (secondary N) is 1. The number of fused-ring (bicyclic) bond motifs is 2. The molecule has 0 aliphatic rings. The summed E-state index contributed by atoms with van der Waals surface area (Å²) in [6.07, 6.45) is 1.60. The molecule has 0 saturated heterocycles. The highest BCUT2D eigenvalue weighted by molar-refractivity contribution is 9.10. The minimum atomic E-state index is -3.99. The fourth-order valence-corrected chi connectivity index (χ4v) is 4.97. The first-order valence-electron chi connectivity index (χ1n) is 8.86. The number of halogens is 1. The van der Waals surface area contributed by atoms with Gasteiger partial charge in [-0.15, -0.1) is 0 Å². The predicted molar refractivity (Wildman–Crippen MR) is 113 cm³/mol. The van der Waals surface area contributed by atoms with Crippen molar-refractivity contribution in [3.8, 4) is 0 Å². The second-order valence-corrected chi connectivity index (χ2v) is 9.43. The number of benzene rings is 1. The summed E-state index contributed by atoms with van der Waals surface area (Å²) in [5.41, 5.74) is 1.02. The molecule has 0 aliphatic heterocycles. The third kappa shape index (κ3) is 3.01. The zero-order valence-corrected chi connectivity index (χ0v) is 18.1. The van der Waals surface area contributed by atoms with Crippen molar-refractivity contribution in [2.45, 2.75) is 30.2 Å². The Hall–Kier alpha value is -2.78. The molecule has 0 aliphatic carbocycles. The minimum absolute atomic E-state index is 0.0564. The average molecular weight is 473 g/mol. The number of rotatable bonds is 3. The van der Waals surface area contributed by atoms with Crippen LogP contribution in [0.15, 0.2) is 67.7 Å². The number of sulfone groups is 1. The SMILES string of the molecule is CCn1c(=N)c(S(=O)(=O)c2ccc(Br)cc2)cc2c(=O)n3cccc(C)c3nc21. The van der Waals surface area contributed by atoms with E-state index in [0.29, 0.717) is 17.8 Å². The summed E-state index contributed by atoms with van der Waals surface area (Å²) < 4.78 is 30.1. The van der Waals surface area contributed by atoms with Crippen molar-refractivity contribution in [3.05, 3.63) is 74.5 Å². The van der Waals surface area contributed by atoms with E-state index in [4.69, 9.17) is 5.41 Å². The average Bonchev–Trinajstić information content (AvgIpc) is 2.69. The standard InChI is InChI=1S/C20H17BrN4O3S/c1-3-24-17(22)16(29(27,28)14-8-6-13(21)7-9-14)11-15-19(24)23-18-12(2)5-4-10-25(18)20(15)26/h4-11,22H,3H2,1-2H3. The van der Waals surface area contributed by atoms with Crippen LogP contribution in [0.1, 0.15) is 12.5 Å². The van der Waals surface area contributed by atoms with Gasteiger partial charge in [-0.05, 0) is 55.8 Å². The lowest BCUT2D eigenvalue weighted by Crippen LogP contribution is -2.29. The molecule has 0 amide bonds. The van der Waals surface area contributed by atoms with Crippen molar-refractivity contribution in [2.24, 2.45) is 0 Å². The van der Waals surface area contributed by atoms with Gasteiger partial charge in [-0.25, -0.2) is 13.4 Å². The number of pyridine rings is 2. The first-order valence-corrected chi connectivity index (χ1v) is 11.1. The largest absolute Gasteiger partial charge is 0.310 e. The molecule has 9 heteroatoms. The molecule has 0 unspecified atom stereocenters. The summed E-state index contributed by atoms with van der Waals surface area (Å²) in [6.45, 7) is 3.93. The Balaban J connectivity index is 2.15. The van der Waals surface area contributed by atoms with Crippen molar-refractivity contribution >= 4 is 42.4 Å². The maximum absolute atomic E-state index is 13.2. The topological polar surface area (TPSA) is 97.3 Å². The van der Waals surface area contributed by atoms with E-state index < -0.39 is 9.84 Å². The highest BCUT2D eigenvalue weighted by atomic mass is 79.9. The fraction of sp³-hybridized carbons (Fsp3) is 0.150. The third-order valence-electron chi connectivity index (χ3n) is 4.83. The molecule has 3 heterocycles. The van der Waals surface area contributed by atoms with Gasteiger partial charge in [0.05, 0.1) is 10.3 Å². The first kappa shape index (κ1) is 19.5. The van der Waals surface area contributed by atoms with Gasteiger partial charge in [0.2, 0.25) is 9.84 Å². The Bertz CT molecular complexity index is 1500. The van der Waals surface area contributed by atoms with Gasteiger partial charge in [0.1, 0.15) is 21.7 Å². The molecule has 148 valence electrons. The molecule has 1 aromatic carbocycles. The van der Waals surface area contributed by atoms with Gasteiger partial charge in [-0.3, -0.25) is 14.6 Å². The Labute approximate surface area is 174 Å². The van der Waals surface area contributed by atoms with E-state index in [0.717, 1.165) is 10.0 Å². The Morgan fingerprint density at radius 1 is 1.14 bits per heavy atom. The van der Waals surface area contributed by atoms with Gasteiger partial charge >= 0.3 is 0 Å². The summed E-state index contributed by atoms with van der Waals surface area (Å²) in [4.78, 5) is 17.5. The number of aromatic nitrogens is 3. The molecule has 0 spiro atoms. The fourth-order valence-electron chi connectivity index (χ4n) is 3.32. The number of hydrogen-bond acceptors (Lipinski definition) is 5. The number of nitrogens with zero attached hydrogens (tertiary/aromatic N) is 3. The minimum Gasteiger partial charge on any atom is -0.310 e. The van der Waals surface area contributed by atoms with Crippen molar-refractivity contribution in [1.29, 1.82) is 5.41 Å². The van der Waals surface area contributed by atoms with E-state index in [1.807, 2.05) is 13.0 Å².